The van der Waals surface area contributed by atoms with Gasteiger partial charge in [0.05, 0.1) is 31.3 Å². The number of allylic oxidation sites excluding steroid dienone is 2. The average Bonchev–Trinajstić information content (AvgIpc) is 3.23. The first-order valence-corrected chi connectivity index (χ1v) is 23.7. The van der Waals surface area contributed by atoms with Crippen LogP contribution in [0.5, 0.6) is 0 Å². The second kappa shape index (κ2) is 17.2. The molecule has 8 rings (SSSR count). The van der Waals surface area contributed by atoms with Crippen molar-refractivity contribution in [2.45, 2.75) is 205 Å². The van der Waals surface area contributed by atoms with E-state index in [0.717, 1.165) is 44.9 Å². The van der Waals surface area contributed by atoms with Crippen LogP contribution >= 0.6 is 0 Å². The summed E-state index contributed by atoms with van der Waals surface area (Å²) in [5, 5.41) is 106. The molecule has 7 fully saturated rings. The van der Waals surface area contributed by atoms with E-state index >= 15 is 0 Å². The van der Waals surface area contributed by atoms with E-state index in [1.807, 2.05) is 0 Å². The molecule has 0 amide bonds. The fourth-order valence-electron chi connectivity index (χ4n) is 14.9. The molecule has 0 aromatic carbocycles. The van der Waals surface area contributed by atoms with Gasteiger partial charge in [0.2, 0.25) is 0 Å². The smallest absolute Gasteiger partial charge is 0.310 e. The predicted octanol–water partition coefficient (Wildman–Crippen LogP) is 1.35. The van der Waals surface area contributed by atoms with Crippen LogP contribution in [0, 0.1) is 50.2 Å². The van der Waals surface area contributed by atoms with E-state index in [2.05, 4.69) is 54.5 Å². The Kier molecular flexibility index (Phi) is 13.2. The van der Waals surface area contributed by atoms with Crippen LogP contribution in [0.25, 0.3) is 0 Å². The SMILES string of the molecule is CC1(C)CC[C@]2(C(=O)O)CC[C@]3(C)C(=CC[C@@H]4[C@@]5(C)CC[C@H](O[C@@H]6OC[C@H](O)[C@H](O[C@@H]7O[C@H](CO)[C@H](O)[C@H](O)[C@H]7O)[C@H]6O[C@@H]6O[C@H](CO)[C@@H](O)[C@H](O)[C@H]6O)C(C)(C)[C@@H]5CC[C@]43C)[C@@H]2C1. The molecule has 22 atom stereocenters. The molecule has 0 spiro atoms. The lowest BCUT2D eigenvalue weighted by Gasteiger charge is -2.71. The standard InChI is InChI=1S/C47H76O17/c1-42(2)14-16-47(41(57)58)17-15-45(6)22(23(47)18-42)8-9-28-44(5)12-11-29(43(3,4)27(44)10-13-46(28,45)7)62-40-37(64-39-35(56)33(54)31(52)26(20-49)61-39)36(24(50)21-59-40)63-38-34(55)32(53)30(51)25(19-48)60-38/h8,23-40,48-56H,9-21H2,1-7H3,(H,57,58)/t23-,24-,25+,26+,27-,28+,29-,30-,31+,32-,33-,34+,35+,36-,37+,38-,39-,40-,44-,45+,46+,47-/m0/s1. The van der Waals surface area contributed by atoms with Gasteiger partial charge in [-0.05, 0) is 109 Å². The molecule has 3 saturated heterocycles. The summed E-state index contributed by atoms with van der Waals surface area (Å²) in [4.78, 5) is 13.2. The van der Waals surface area contributed by atoms with E-state index in [0.29, 0.717) is 25.2 Å². The van der Waals surface area contributed by atoms with Gasteiger partial charge in [-0.25, -0.2) is 0 Å². The first-order chi connectivity index (χ1) is 29.9. The Morgan fingerprint density at radius 2 is 1.25 bits per heavy atom. The molecule has 0 unspecified atom stereocenters. The minimum absolute atomic E-state index is 0.0112. The molecule has 0 bridgehead atoms. The fourth-order valence-corrected chi connectivity index (χ4v) is 14.9. The minimum atomic E-state index is -1.84. The van der Waals surface area contributed by atoms with Crippen molar-refractivity contribution >= 4 is 5.97 Å². The van der Waals surface area contributed by atoms with Crippen LogP contribution in [0.4, 0.5) is 0 Å². The number of hydrogen-bond acceptors (Lipinski definition) is 16. The molecule has 8 aliphatic rings. The van der Waals surface area contributed by atoms with Crippen LogP contribution < -0.4 is 0 Å². The number of aliphatic hydroxyl groups is 9. The van der Waals surface area contributed by atoms with E-state index in [1.54, 1.807) is 0 Å². The van der Waals surface area contributed by atoms with Gasteiger partial charge < -0.3 is 79.5 Å². The summed E-state index contributed by atoms with van der Waals surface area (Å²) in [5.74, 6) is -0.132. The molecule has 17 nitrogen and oxygen atoms in total. The molecule has 4 saturated carbocycles. The number of hydrogen-bond donors (Lipinski definition) is 10. The number of rotatable bonds is 9. The summed E-state index contributed by atoms with van der Waals surface area (Å²) in [6.07, 6.45) is -12.2. The number of ether oxygens (including phenoxy) is 6. The van der Waals surface area contributed by atoms with Crippen LogP contribution in [-0.2, 0) is 33.2 Å². The van der Waals surface area contributed by atoms with Crippen LogP contribution in [-0.4, -0.2) is 169 Å². The Hall–Kier alpha value is -1.39. The lowest BCUT2D eigenvalue weighted by Crippen LogP contribution is -2.67. The zero-order valence-corrected chi connectivity index (χ0v) is 38.5. The van der Waals surface area contributed by atoms with E-state index in [-0.39, 0.29) is 40.1 Å². The van der Waals surface area contributed by atoms with Crippen molar-refractivity contribution in [2.75, 3.05) is 19.8 Å². The van der Waals surface area contributed by atoms with Gasteiger partial charge in [0.15, 0.2) is 18.9 Å². The van der Waals surface area contributed by atoms with Crippen molar-refractivity contribution in [3.63, 3.8) is 0 Å². The molecule has 17 heteroatoms. The third kappa shape index (κ3) is 7.58. The molecule has 3 heterocycles. The zero-order valence-electron chi connectivity index (χ0n) is 38.5. The van der Waals surface area contributed by atoms with E-state index in [1.165, 1.54) is 5.57 Å². The van der Waals surface area contributed by atoms with Crippen LogP contribution in [0.1, 0.15) is 113 Å². The van der Waals surface area contributed by atoms with Gasteiger partial charge >= 0.3 is 5.97 Å². The highest BCUT2D eigenvalue weighted by molar-refractivity contribution is 5.76. The summed E-state index contributed by atoms with van der Waals surface area (Å²) in [6, 6.07) is 0. The Morgan fingerprint density at radius 3 is 1.83 bits per heavy atom. The third-order valence-electron chi connectivity index (χ3n) is 19.0. The van der Waals surface area contributed by atoms with Crippen molar-refractivity contribution < 1.29 is 84.3 Å². The number of aliphatic carboxylic acids is 1. The second-order valence-electron chi connectivity index (χ2n) is 23.0. The molecule has 3 aliphatic heterocycles. The Morgan fingerprint density at radius 1 is 0.672 bits per heavy atom. The molecule has 0 aromatic heterocycles. The quantitative estimate of drug-likeness (QED) is 0.116. The highest BCUT2D eigenvalue weighted by Gasteiger charge is 2.70. The molecule has 10 N–H and O–H groups in total. The fraction of sp³-hybridized carbons (Fsp3) is 0.936. The first kappa shape index (κ1) is 49.0. The number of aliphatic hydroxyl groups excluding tert-OH is 9. The number of carboxylic acid groups (broad SMARTS) is 1. The zero-order chi connectivity index (χ0) is 46.7. The molecular formula is C47H76O17. The Labute approximate surface area is 376 Å². The van der Waals surface area contributed by atoms with Gasteiger partial charge in [0.1, 0.15) is 67.1 Å². The normalized spacial score (nSPS) is 53.5. The molecule has 5 aliphatic carbocycles. The molecule has 366 valence electrons. The Bertz CT molecular complexity index is 1740. The first-order valence-electron chi connectivity index (χ1n) is 23.7. The van der Waals surface area contributed by atoms with Crippen molar-refractivity contribution in [3.8, 4) is 0 Å². The lowest BCUT2D eigenvalue weighted by molar-refractivity contribution is -0.389. The summed E-state index contributed by atoms with van der Waals surface area (Å²) in [6.45, 7) is 14.5. The Balaban J connectivity index is 1.07. The summed E-state index contributed by atoms with van der Waals surface area (Å²) in [5.41, 5.74) is -0.0768. The summed E-state index contributed by atoms with van der Waals surface area (Å²) in [7, 11) is 0. The van der Waals surface area contributed by atoms with Gasteiger partial charge in [-0.3, -0.25) is 4.79 Å². The van der Waals surface area contributed by atoms with Crippen molar-refractivity contribution in [1.82, 2.24) is 0 Å². The largest absolute Gasteiger partial charge is 0.481 e. The lowest BCUT2D eigenvalue weighted by atomic mass is 9.33. The molecule has 0 radical (unpaired) electrons. The second-order valence-corrected chi connectivity index (χ2v) is 23.0. The van der Waals surface area contributed by atoms with Gasteiger partial charge in [0.25, 0.3) is 0 Å². The van der Waals surface area contributed by atoms with Gasteiger partial charge in [0, 0.05) is 0 Å². The van der Waals surface area contributed by atoms with Gasteiger partial charge in [-0.2, -0.15) is 0 Å². The van der Waals surface area contributed by atoms with Crippen molar-refractivity contribution in [1.29, 1.82) is 0 Å². The maximum absolute atomic E-state index is 13.2. The topological polar surface area (TPSA) is 275 Å². The minimum Gasteiger partial charge on any atom is -0.481 e. The summed E-state index contributed by atoms with van der Waals surface area (Å²) >= 11 is 0. The number of carbonyl (C=O) groups is 1. The van der Waals surface area contributed by atoms with E-state index in [9.17, 15) is 55.9 Å². The molecular weight excluding hydrogens is 836 g/mol. The maximum atomic E-state index is 13.2. The highest BCUT2D eigenvalue weighted by atomic mass is 16.8. The van der Waals surface area contributed by atoms with Crippen molar-refractivity contribution in [3.05, 3.63) is 11.6 Å². The van der Waals surface area contributed by atoms with E-state index in [4.69, 9.17) is 28.4 Å². The van der Waals surface area contributed by atoms with Gasteiger partial charge in [-0.15, -0.1) is 0 Å². The van der Waals surface area contributed by atoms with Crippen LogP contribution in [0.3, 0.4) is 0 Å². The number of carboxylic acids is 1. The predicted molar refractivity (Wildman–Crippen MR) is 225 cm³/mol. The summed E-state index contributed by atoms with van der Waals surface area (Å²) < 4.78 is 36.9. The van der Waals surface area contributed by atoms with Gasteiger partial charge in [-0.1, -0.05) is 60.1 Å². The molecule has 64 heavy (non-hydrogen) atoms. The van der Waals surface area contributed by atoms with Crippen LogP contribution in [0.15, 0.2) is 11.6 Å². The van der Waals surface area contributed by atoms with Crippen LogP contribution in [0.2, 0.25) is 0 Å². The van der Waals surface area contributed by atoms with E-state index < -0.39 is 122 Å². The number of fused-ring (bicyclic) bond motifs is 7. The maximum Gasteiger partial charge on any atom is 0.310 e. The highest BCUT2D eigenvalue weighted by Crippen LogP contribution is 2.76. The third-order valence-corrected chi connectivity index (χ3v) is 19.0. The molecule has 0 aromatic rings. The van der Waals surface area contributed by atoms with Crippen molar-refractivity contribution in [2.24, 2.45) is 50.2 Å². The average molecular weight is 913 g/mol. The monoisotopic (exact) mass is 913 g/mol.